The van der Waals surface area contributed by atoms with Crippen molar-refractivity contribution in [2.24, 2.45) is 0 Å². The SMILES string of the molecule is CCOC(=O)c1c(C)[nH]c(C(=O)Nc2ccc(N(CC)CC)nc2)c1C. The molecule has 2 heterocycles. The van der Waals surface area contributed by atoms with Gasteiger partial charge < -0.3 is 19.9 Å². The van der Waals surface area contributed by atoms with Gasteiger partial charge in [-0.25, -0.2) is 9.78 Å². The summed E-state index contributed by atoms with van der Waals surface area (Å²) in [6.45, 7) is 11.4. The lowest BCUT2D eigenvalue weighted by molar-refractivity contribution is 0.0525. The Morgan fingerprint density at radius 2 is 1.88 bits per heavy atom. The van der Waals surface area contributed by atoms with E-state index in [2.05, 4.69) is 34.0 Å². The van der Waals surface area contributed by atoms with Crippen LogP contribution in [0.3, 0.4) is 0 Å². The lowest BCUT2D eigenvalue weighted by atomic mass is 10.1. The van der Waals surface area contributed by atoms with Crippen LogP contribution in [0.2, 0.25) is 0 Å². The molecule has 140 valence electrons. The molecule has 0 spiro atoms. The number of aromatic nitrogens is 2. The smallest absolute Gasteiger partial charge is 0.340 e. The number of carbonyl (C=O) groups is 2. The van der Waals surface area contributed by atoms with Gasteiger partial charge in [0.2, 0.25) is 0 Å². The normalized spacial score (nSPS) is 10.5. The molecule has 0 aliphatic carbocycles. The summed E-state index contributed by atoms with van der Waals surface area (Å²) < 4.78 is 5.05. The maximum Gasteiger partial charge on any atom is 0.340 e. The van der Waals surface area contributed by atoms with E-state index in [9.17, 15) is 9.59 Å². The molecular weight excluding hydrogens is 332 g/mol. The summed E-state index contributed by atoms with van der Waals surface area (Å²) in [4.78, 5) is 34.1. The van der Waals surface area contributed by atoms with Crippen LogP contribution in [-0.2, 0) is 4.74 Å². The van der Waals surface area contributed by atoms with E-state index in [4.69, 9.17) is 4.74 Å². The van der Waals surface area contributed by atoms with Crippen LogP contribution in [0.15, 0.2) is 18.3 Å². The molecule has 0 aliphatic heterocycles. The number of hydrogen-bond acceptors (Lipinski definition) is 5. The van der Waals surface area contributed by atoms with Crippen molar-refractivity contribution in [3.63, 3.8) is 0 Å². The highest BCUT2D eigenvalue weighted by molar-refractivity contribution is 6.06. The third-order valence-corrected chi connectivity index (χ3v) is 4.24. The van der Waals surface area contributed by atoms with Crippen LogP contribution in [0, 0.1) is 13.8 Å². The first-order chi connectivity index (χ1) is 12.4. The molecule has 0 atom stereocenters. The highest BCUT2D eigenvalue weighted by Crippen LogP contribution is 2.21. The van der Waals surface area contributed by atoms with Gasteiger partial charge in [-0.3, -0.25) is 4.79 Å². The van der Waals surface area contributed by atoms with Crippen molar-refractivity contribution in [3.8, 4) is 0 Å². The number of amides is 1. The fraction of sp³-hybridized carbons (Fsp3) is 0.421. The number of nitrogens with zero attached hydrogens (tertiary/aromatic N) is 2. The molecule has 0 saturated carbocycles. The molecule has 26 heavy (non-hydrogen) atoms. The van der Waals surface area contributed by atoms with Crippen LogP contribution in [0.25, 0.3) is 0 Å². The Labute approximate surface area is 153 Å². The van der Waals surface area contributed by atoms with E-state index in [1.54, 1.807) is 27.0 Å². The second-order valence-corrected chi connectivity index (χ2v) is 5.88. The Hall–Kier alpha value is -2.83. The topological polar surface area (TPSA) is 87.3 Å². The van der Waals surface area contributed by atoms with Gasteiger partial charge in [0.1, 0.15) is 11.5 Å². The molecule has 0 fully saturated rings. The van der Waals surface area contributed by atoms with Crippen LogP contribution in [0.4, 0.5) is 11.5 Å². The number of anilines is 2. The van der Waals surface area contributed by atoms with Crippen LogP contribution < -0.4 is 10.2 Å². The zero-order chi connectivity index (χ0) is 19.3. The minimum atomic E-state index is -0.428. The standard InChI is InChI=1S/C19H26N4O3/c1-6-23(7-2)15-10-9-14(11-20-15)22-18(24)17-12(4)16(13(5)21-17)19(25)26-8-3/h9-11,21H,6-8H2,1-5H3,(H,22,24). The van der Waals surface area contributed by atoms with Gasteiger partial charge in [0.15, 0.2) is 0 Å². The van der Waals surface area contributed by atoms with Crippen LogP contribution >= 0.6 is 0 Å². The van der Waals surface area contributed by atoms with Gasteiger partial charge in [-0.2, -0.15) is 0 Å². The summed E-state index contributed by atoms with van der Waals surface area (Å²) in [7, 11) is 0. The molecule has 1 amide bonds. The number of ether oxygens (including phenoxy) is 1. The first-order valence-electron chi connectivity index (χ1n) is 8.81. The summed E-state index contributed by atoms with van der Waals surface area (Å²) in [5, 5.41) is 2.81. The molecule has 0 aliphatic rings. The van der Waals surface area contributed by atoms with Crippen molar-refractivity contribution in [1.82, 2.24) is 9.97 Å². The fourth-order valence-corrected chi connectivity index (χ4v) is 2.87. The van der Waals surface area contributed by atoms with Gasteiger partial charge in [0, 0.05) is 18.8 Å². The number of aryl methyl sites for hydroxylation is 1. The Morgan fingerprint density at radius 1 is 1.19 bits per heavy atom. The number of H-pyrrole nitrogens is 1. The van der Waals surface area contributed by atoms with Gasteiger partial charge in [0.05, 0.1) is 24.1 Å². The van der Waals surface area contributed by atoms with Crippen molar-refractivity contribution in [2.45, 2.75) is 34.6 Å². The van der Waals surface area contributed by atoms with Gasteiger partial charge in [0.25, 0.3) is 5.91 Å². The summed E-state index contributed by atoms with van der Waals surface area (Å²) in [6, 6.07) is 3.69. The van der Waals surface area contributed by atoms with Gasteiger partial charge >= 0.3 is 5.97 Å². The van der Waals surface area contributed by atoms with Crippen LogP contribution in [-0.4, -0.2) is 41.5 Å². The monoisotopic (exact) mass is 358 g/mol. The van der Waals surface area contributed by atoms with E-state index in [1.165, 1.54) is 0 Å². The van der Waals surface area contributed by atoms with Crippen LogP contribution in [0.1, 0.15) is 52.9 Å². The van der Waals surface area contributed by atoms with E-state index in [-0.39, 0.29) is 12.5 Å². The van der Waals surface area contributed by atoms with Crippen molar-refractivity contribution in [1.29, 1.82) is 0 Å². The number of hydrogen-bond donors (Lipinski definition) is 2. The molecule has 0 unspecified atom stereocenters. The summed E-state index contributed by atoms with van der Waals surface area (Å²) >= 11 is 0. The van der Waals surface area contributed by atoms with Crippen molar-refractivity contribution >= 4 is 23.4 Å². The Bertz CT molecular complexity index is 777. The zero-order valence-electron chi connectivity index (χ0n) is 16.0. The van der Waals surface area contributed by atoms with Crippen molar-refractivity contribution in [2.75, 3.05) is 29.9 Å². The molecule has 0 saturated heterocycles. The largest absolute Gasteiger partial charge is 0.462 e. The molecular formula is C19H26N4O3. The fourth-order valence-electron chi connectivity index (χ4n) is 2.87. The van der Waals surface area contributed by atoms with Crippen molar-refractivity contribution < 1.29 is 14.3 Å². The highest BCUT2D eigenvalue weighted by Gasteiger charge is 2.23. The second kappa shape index (κ2) is 8.51. The Morgan fingerprint density at radius 3 is 2.42 bits per heavy atom. The molecule has 0 bridgehead atoms. The molecule has 7 heteroatoms. The number of pyridine rings is 1. The molecule has 2 aromatic rings. The Kier molecular flexibility index (Phi) is 6.38. The first-order valence-corrected chi connectivity index (χ1v) is 8.81. The number of carbonyl (C=O) groups excluding carboxylic acids is 2. The minimum Gasteiger partial charge on any atom is -0.462 e. The average Bonchev–Trinajstić information content (AvgIpc) is 2.92. The third kappa shape index (κ3) is 4.04. The zero-order valence-corrected chi connectivity index (χ0v) is 16.0. The van der Waals surface area contributed by atoms with Crippen molar-refractivity contribution in [3.05, 3.63) is 40.8 Å². The van der Waals surface area contributed by atoms with E-state index < -0.39 is 5.97 Å². The molecule has 0 radical (unpaired) electrons. The summed E-state index contributed by atoms with van der Waals surface area (Å²) in [5.74, 6) is 0.117. The summed E-state index contributed by atoms with van der Waals surface area (Å²) in [6.07, 6.45) is 1.63. The van der Waals surface area contributed by atoms with E-state index in [0.29, 0.717) is 28.2 Å². The summed E-state index contributed by atoms with van der Waals surface area (Å²) in [5.41, 5.74) is 2.54. The predicted octanol–water partition coefficient (Wildman–Crippen LogP) is 3.30. The van der Waals surface area contributed by atoms with Gasteiger partial charge in [-0.05, 0) is 52.3 Å². The number of rotatable bonds is 7. The van der Waals surface area contributed by atoms with E-state index >= 15 is 0 Å². The maximum atomic E-state index is 12.6. The first kappa shape index (κ1) is 19.5. The van der Waals surface area contributed by atoms with Gasteiger partial charge in [-0.1, -0.05) is 0 Å². The molecule has 2 aromatic heterocycles. The predicted molar refractivity (Wildman–Crippen MR) is 102 cm³/mol. The second-order valence-electron chi connectivity index (χ2n) is 5.88. The minimum absolute atomic E-state index is 0.287. The Balaban J connectivity index is 2.18. The average molecular weight is 358 g/mol. The molecule has 0 aromatic carbocycles. The van der Waals surface area contributed by atoms with Gasteiger partial charge in [-0.15, -0.1) is 0 Å². The van der Waals surface area contributed by atoms with E-state index in [0.717, 1.165) is 18.9 Å². The number of esters is 1. The molecule has 7 nitrogen and oxygen atoms in total. The number of aromatic amines is 1. The van der Waals surface area contributed by atoms with E-state index in [1.807, 2.05) is 12.1 Å². The molecule has 2 N–H and O–H groups in total. The lowest BCUT2D eigenvalue weighted by Crippen LogP contribution is -2.23. The highest BCUT2D eigenvalue weighted by atomic mass is 16.5. The third-order valence-electron chi connectivity index (χ3n) is 4.24. The van der Waals surface area contributed by atoms with Crippen LogP contribution in [0.5, 0.6) is 0 Å². The maximum absolute atomic E-state index is 12.6. The number of nitrogens with one attached hydrogen (secondary N) is 2. The molecule has 2 rings (SSSR count). The quantitative estimate of drug-likeness (QED) is 0.742. The lowest BCUT2D eigenvalue weighted by Gasteiger charge is -2.19.